The molecule has 1 aromatic rings. The molecule has 1 aliphatic heterocycles. The first-order chi connectivity index (χ1) is 9.38. The lowest BCUT2D eigenvalue weighted by atomic mass is 10.1. The van der Waals surface area contributed by atoms with Crippen molar-refractivity contribution in [3.05, 3.63) is 35.1 Å². The summed E-state index contributed by atoms with van der Waals surface area (Å²) in [6, 6.07) is 3.84. The zero-order valence-corrected chi connectivity index (χ0v) is 11.9. The number of carbonyl (C=O) groups is 2. The van der Waals surface area contributed by atoms with Crippen molar-refractivity contribution in [3.8, 4) is 0 Å². The van der Waals surface area contributed by atoms with Crippen LogP contribution < -0.4 is 5.32 Å². The van der Waals surface area contributed by atoms with Gasteiger partial charge in [0.1, 0.15) is 11.9 Å². The second kappa shape index (κ2) is 5.61. The second-order valence-electron chi connectivity index (χ2n) is 5.38. The van der Waals surface area contributed by atoms with E-state index in [1.165, 1.54) is 12.1 Å². The maximum absolute atomic E-state index is 13.1. The van der Waals surface area contributed by atoms with Crippen LogP contribution in [-0.2, 0) is 16.1 Å². The van der Waals surface area contributed by atoms with Crippen molar-refractivity contribution in [3.63, 3.8) is 0 Å². The van der Waals surface area contributed by atoms with Gasteiger partial charge in [0, 0.05) is 19.0 Å². The number of hydrogen-bond donors (Lipinski definition) is 1. The second-order valence-corrected chi connectivity index (χ2v) is 5.38. The van der Waals surface area contributed by atoms with Gasteiger partial charge in [-0.2, -0.15) is 0 Å². The minimum absolute atomic E-state index is 0.105. The minimum atomic E-state index is -0.520. The fraction of sp³-hybridized carbons (Fsp3) is 0.467. The van der Waals surface area contributed by atoms with Gasteiger partial charge in [-0.05, 0) is 44.0 Å². The highest BCUT2D eigenvalue weighted by molar-refractivity contribution is 5.90. The van der Waals surface area contributed by atoms with Crippen molar-refractivity contribution in [1.29, 1.82) is 0 Å². The third-order valence-electron chi connectivity index (χ3n) is 3.69. The Morgan fingerprint density at radius 2 is 2.05 bits per heavy atom. The van der Waals surface area contributed by atoms with E-state index >= 15 is 0 Å². The van der Waals surface area contributed by atoms with Gasteiger partial charge < -0.3 is 10.2 Å². The molecule has 0 radical (unpaired) electrons. The van der Waals surface area contributed by atoms with Gasteiger partial charge in [0.25, 0.3) is 0 Å². The third-order valence-corrected chi connectivity index (χ3v) is 3.69. The van der Waals surface area contributed by atoms with Gasteiger partial charge >= 0.3 is 0 Å². The van der Waals surface area contributed by atoms with Crippen LogP contribution in [0.25, 0.3) is 0 Å². The molecule has 20 heavy (non-hydrogen) atoms. The van der Waals surface area contributed by atoms with Crippen molar-refractivity contribution in [2.24, 2.45) is 0 Å². The molecule has 108 valence electrons. The average molecular weight is 278 g/mol. The normalized spacial score (nSPS) is 23.5. The first kappa shape index (κ1) is 14.5. The minimum Gasteiger partial charge on any atom is -0.345 e. The Kier molecular flexibility index (Phi) is 4.06. The molecule has 0 aliphatic carbocycles. The molecule has 0 bridgehead atoms. The van der Waals surface area contributed by atoms with E-state index in [0.717, 1.165) is 11.1 Å². The number of benzene rings is 1. The Hall–Kier alpha value is -1.91. The van der Waals surface area contributed by atoms with Crippen molar-refractivity contribution in [2.75, 3.05) is 0 Å². The lowest BCUT2D eigenvalue weighted by molar-refractivity contribution is -0.135. The van der Waals surface area contributed by atoms with Gasteiger partial charge in [0.2, 0.25) is 11.8 Å². The van der Waals surface area contributed by atoms with Crippen LogP contribution in [0.3, 0.4) is 0 Å². The van der Waals surface area contributed by atoms with E-state index in [4.69, 9.17) is 0 Å². The first-order valence-electron chi connectivity index (χ1n) is 6.73. The number of carbonyl (C=O) groups excluding carboxylic acids is 2. The number of amides is 2. The molecule has 0 aromatic heterocycles. The molecule has 2 rings (SSSR count). The molecule has 1 saturated heterocycles. The van der Waals surface area contributed by atoms with Crippen molar-refractivity contribution >= 4 is 11.8 Å². The quantitative estimate of drug-likeness (QED) is 0.896. The van der Waals surface area contributed by atoms with Crippen LogP contribution in [0.5, 0.6) is 0 Å². The van der Waals surface area contributed by atoms with Gasteiger partial charge in [0.05, 0.1) is 0 Å². The van der Waals surface area contributed by atoms with Crippen LogP contribution in [0.2, 0.25) is 0 Å². The molecule has 1 aliphatic rings. The highest BCUT2D eigenvalue weighted by Gasteiger charge is 2.31. The van der Waals surface area contributed by atoms with E-state index in [2.05, 4.69) is 5.32 Å². The zero-order chi connectivity index (χ0) is 14.9. The Bertz CT molecular complexity index is 545. The van der Waals surface area contributed by atoms with Crippen molar-refractivity contribution in [1.82, 2.24) is 10.2 Å². The summed E-state index contributed by atoms with van der Waals surface area (Å²) >= 11 is 0. The Morgan fingerprint density at radius 1 is 1.35 bits per heavy atom. The Morgan fingerprint density at radius 3 is 2.70 bits per heavy atom. The molecule has 0 spiro atoms. The van der Waals surface area contributed by atoms with Gasteiger partial charge in [0.15, 0.2) is 0 Å². The lowest BCUT2D eigenvalue weighted by Crippen LogP contribution is -2.44. The number of halogens is 1. The Labute approximate surface area is 118 Å². The molecule has 1 N–H and O–H groups in total. The number of aryl methyl sites for hydroxylation is 1. The van der Waals surface area contributed by atoms with Gasteiger partial charge in [-0.1, -0.05) is 6.07 Å². The lowest BCUT2D eigenvalue weighted by Gasteiger charge is -2.28. The predicted octanol–water partition coefficient (Wildman–Crippen LogP) is 1.76. The number of rotatable bonds is 2. The molecular weight excluding hydrogens is 259 g/mol. The first-order valence-corrected chi connectivity index (χ1v) is 6.73. The van der Waals surface area contributed by atoms with Crippen LogP contribution in [0.15, 0.2) is 18.2 Å². The summed E-state index contributed by atoms with van der Waals surface area (Å²) in [5.41, 5.74) is 1.70. The van der Waals surface area contributed by atoms with Gasteiger partial charge in [-0.15, -0.1) is 0 Å². The maximum atomic E-state index is 13.1. The van der Waals surface area contributed by atoms with E-state index in [1.807, 2.05) is 13.8 Å². The average Bonchev–Trinajstić information content (AvgIpc) is 2.44. The van der Waals surface area contributed by atoms with Crippen LogP contribution in [0.4, 0.5) is 4.39 Å². The molecule has 2 amide bonds. The fourth-order valence-electron chi connectivity index (χ4n) is 2.46. The number of hydrogen-bond acceptors (Lipinski definition) is 2. The highest BCUT2D eigenvalue weighted by Crippen LogP contribution is 2.18. The van der Waals surface area contributed by atoms with E-state index in [0.29, 0.717) is 6.54 Å². The molecule has 5 heteroatoms. The van der Waals surface area contributed by atoms with Gasteiger partial charge in [-0.25, -0.2) is 4.39 Å². The van der Waals surface area contributed by atoms with Crippen LogP contribution in [0, 0.1) is 12.7 Å². The van der Waals surface area contributed by atoms with Crippen LogP contribution in [-0.4, -0.2) is 28.8 Å². The topological polar surface area (TPSA) is 49.4 Å². The molecule has 1 fully saturated rings. The SMILES string of the molecule is Cc1cc(F)ccc1CN1C(=O)C(C)NC(=O)CC1C. The molecule has 2 unspecified atom stereocenters. The summed E-state index contributed by atoms with van der Waals surface area (Å²) in [7, 11) is 0. The van der Waals surface area contributed by atoms with E-state index in [9.17, 15) is 14.0 Å². The summed E-state index contributed by atoms with van der Waals surface area (Å²) in [5, 5.41) is 2.67. The molecule has 0 saturated carbocycles. The van der Waals surface area contributed by atoms with Crippen molar-refractivity contribution in [2.45, 2.75) is 45.8 Å². The van der Waals surface area contributed by atoms with Crippen molar-refractivity contribution < 1.29 is 14.0 Å². The molecule has 1 heterocycles. The fourth-order valence-corrected chi connectivity index (χ4v) is 2.46. The van der Waals surface area contributed by atoms with E-state index < -0.39 is 6.04 Å². The summed E-state index contributed by atoms with van der Waals surface area (Å²) in [6.07, 6.45) is 0.288. The van der Waals surface area contributed by atoms with Gasteiger partial charge in [-0.3, -0.25) is 9.59 Å². The predicted molar refractivity (Wildman–Crippen MR) is 73.4 cm³/mol. The Balaban J connectivity index is 2.25. The van der Waals surface area contributed by atoms with Crippen LogP contribution >= 0.6 is 0 Å². The smallest absolute Gasteiger partial charge is 0.245 e. The standard InChI is InChI=1S/C15H19FN2O2/c1-9-6-13(16)5-4-12(9)8-18-10(2)7-14(19)17-11(3)15(18)20/h4-6,10-11H,7-8H2,1-3H3,(H,17,19). The highest BCUT2D eigenvalue weighted by atomic mass is 19.1. The molecule has 2 atom stereocenters. The summed E-state index contributed by atoms with van der Waals surface area (Å²) in [6.45, 7) is 5.75. The molecule has 4 nitrogen and oxygen atoms in total. The molecule has 1 aromatic carbocycles. The molecular formula is C15H19FN2O2. The van der Waals surface area contributed by atoms with E-state index in [-0.39, 0.29) is 30.1 Å². The monoisotopic (exact) mass is 278 g/mol. The number of nitrogens with zero attached hydrogens (tertiary/aromatic N) is 1. The third kappa shape index (κ3) is 2.98. The largest absolute Gasteiger partial charge is 0.345 e. The number of nitrogens with one attached hydrogen (secondary N) is 1. The zero-order valence-electron chi connectivity index (χ0n) is 11.9. The summed E-state index contributed by atoms with van der Waals surface area (Å²) in [4.78, 5) is 25.6. The summed E-state index contributed by atoms with van der Waals surface area (Å²) < 4.78 is 13.1. The maximum Gasteiger partial charge on any atom is 0.245 e. The van der Waals surface area contributed by atoms with Crippen LogP contribution in [0.1, 0.15) is 31.4 Å². The summed E-state index contributed by atoms with van der Waals surface area (Å²) in [5.74, 6) is -0.504. The van der Waals surface area contributed by atoms with E-state index in [1.54, 1.807) is 17.9 Å².